The summed E-state index contributed by atoms with van der Waals surface area (Å²) in [6, 6.07) is 0. The Morgan fingerprint density at radius 3 is 2.72 bits per heavy atom. The number of carbonyl (C=O) groups is 1. The molecule has 1 aliphatic carbocycles. The number of fused-ring (bicyclic) bond motifs is 2. The quantitative estimate of drug-likeness (QED) is 0.359. The molecule has 39 heavy (non-hydrogen) atoms. The van der Waals surface area contributed by atoms with Crippen molar-refractivity contribution in [3.05, 3.63) is 47.1 Å². The number of rotatable bonds is 1. The van der Waals surface area contributed by atoms with E-state index in [0.29, 0.717) is 35.8 Å². The largest absolute Gasteiger partial charge is 0.462 e. The van der Waals surface area contributed by atoms with Gasteiger partial charge in [0.15, 0.2) is 5.79 Å². The normalized spacial score (nSPS) is 45.2. The number of hydrogen-bond acceptors (Lipinski definition) is 7. The highest BCUT2D eigenvalue weighted by Crippen LogP contribution is 2.47. The van der Waals surface area contributed by atoms with Crippen molar-refractivity contribution < 1.29 is 34.0 Å². The van der Waals surface area contributed by atoms with Crippen molar-refractivity contribution >= 4 is 5.97 Å². The van der Waals surface area contributed by atoms with Crippen LogP contribution in [0.2, 0.25) is 0 Å². The van der Waals surface area contributed by atoms with E-state index in [1.54, 1.807) is 13.0 Å². The summed E-state index contributed by atoms with van der Waals surface area (Å²) < 4.78 is 25.4. The molecule has 4 heterocycles. The smallest absolute Gasteiger partial charge is 0.316 e. The SMILES string of the molecule is CCC1O[C@]2(CCC1C)CC1CC(CC=C(C)CC(C)C=CC=C3COC4C(O)C(C)=CC(C(=O)O1)[C@]34O)O2. The van der Waals surface area contributed by atoms with Crippen LogP contribution in [0.5, 0.6) is 0 Å². The molecule has 2 bridgehead atoms. The van der Waals surface area contributed by atoms with Gasteiger partial charge in [0.2, 0.25) is 0 Å². The van der Waals surface area contributed by atoms with Gasteiger partial charge in [0.25, 0.3) is 0 Å². The molecule has 7 nitrogen and oxygen atoms in total. The maximum atomic E-state index is 13.9. The molecule has 0 radical (unpaired) electrons. The third-order valence-corrected chi connectivity index (χ3v) is 9.50. The minimum atomic E-state index is -1.68. The summed E-state index contributed by atoms with van der Waals surface area (Å²) in [6.07, 6.45) is 12.8. The fraction of sp³-hybridized carbons (Fsp3) is 0.719. The molecule has 7 heteroatoms. The minimum absolute atomic E-state index is 0.104. The second-order valence-corrected chi connectivity index (χ2v) is 12.7. The molecule has 5 aliphatic rings. The molecule has 0 aromatic rings. The number of allylic oxidation sites excluding steroid dienone is 4. The summed E-state index contributed by atoms with van der Waals surface area (Å²) in [6.45, 7) is 10.6. The molecule has 0 aromatic carbocycles. The molecule has 0 saturated carbocycles. The van der Waals surface area contributed by atoms with E-state index in [9.17, 15) is 15.0 Å². The van der Waals surface area contributed by atoms with E-state index in [4.69, 9.17) is 18.9 Å². The Morgan fingerprint density at radius 1 is 1.15 bits per heavy atom. The van der Waals surface area contributed by atoms with Crippen LogP contribution in [-0.2, 0) is 23.7 Å². The van der Waals surface area contributed by atoms with Gasteiger partial charge in [0, 0.05) is 19.3 Å². The second-order valence-electron chi connectivity index (χ2n) is 12.7. The number of aliphatic hydroxyl groups excluding tert-OH is 1. The fourth-order valence-electron chi connectivity index (χ4n) is 7.23. The van der Waals surface area contributed by atoms with Gasteiger partial charge >= 0.3 is 5.97 Å². The first-order chi connectivity index (χ1) is 18.5. The van der Waals surface area contributed by atoms with Crippen molar-refractivity contribution in [2.24, 2.45) is 17.8 Å². The lowest BCUT2D eigenvalue weighted by atomic mass is 9.71. The lowest BCUT2D eigenvalue weighted by Crippen LogP contribution is -2.58. The van der Waals surface area contributed by atoms with Crippen LogP contribution in [0.1, 0.15) is 79.6 Å². The highest BCUT2D eigenvalue weighted by atomic mass is 16.7. The predicted molar refractivity (Wildman–Crippen MR) is 148 cm³/mol. The van der Waals surface area contributed by atoms with Gasteiger partial charge in [0.05, 0.1) is 18.8 Å². The summed E-state index contributed by atoms with van der Waals surface area (Å²) in [5, 5.41) is 22.9. The van der Waals surface area contributed by atoms with Crippen molar-refractivity contribution in [1.29, 1.82) is 0 Å². The van der Waals surface area contributed by atoms with E-state index in [1.807, 2.05) is 12.2 Å². The van der Waals surface area contributed by atoms with Crippen molar-refractivity contribution in [3.8, 4) is 0 Å². The zero-order valence-corrected chi connectivity index (χ0v) is 24.1. The van der Waals surface area contributed by atoms with Crippen molar-refractivity contribution in [1.82, 2.24) is 0 Å². The third-order valence-electron chi connectivity index (χ3n) is 9.50. The lowest BCUT2D eigenvalue weighted by molar-refractivity contribution is -0.335. The molecule has 5 rings (SSSR count). The van der Waals surface area contributed by atoms with Crippen LogP contribution in [-0.4, -0.2) is 64.7 Å². The summed E-state index contributed by atoms with van der Waals surface area (Å²) in [4.78, 5) is 13.9. The van der Waals surface area contributed by atoms with Gasteiger partial charge in [-0.15, -0.1) is 0 Å². The maximum absolute atomic E-state index is 13.9. The van der Waals surface area contributed by atoms with Crippen LogP contribution in [0.15, 0.2) is 47.1 Å². The van der Waals surface area contributed by atoms with E-state index in [1.165, 1.54) is 5.57 Å². The molecule has 4 aliphatic heterocycles. The van der Waals surface area contributed by atoms with E-state index in [0.717, 1.165) is 32.1 Å². The van der Waals surface area contributed by atoms with Gasteiger partial charge in [0.1, 0.15) is 29.8 Å². The van der Waals surface area contributed by atoms with Crippen LogP contribution < -0.4 is 0 Å². The molecule has 2 N–H and O–H groups in total. The number of ether oxygens (including phenoxy) is 4. The Kier molecular flexibility index (Phi) is 8.29. The Hall–Kier alpha value is -1.77. The number of esters is 1. The summed E-state index contributed by atoms with van der Waals surface area (Å²) in [5.41, 5.74) is 0.788. The summed E-state index contributed by atoms with van der Waals surface area (Å²) in [7, 11) is 0. The number of aliphatic hydroxyl groups is 2. The Labute approximate surface area is 232 Å². The average molecular weight is 543 g/mol. The minimum Gasteiger partial charge on any atom is -0.462 e. The molecule has 1 spiro atoms. The summed E-state index contributed by atoms with van der Waals surface area (Å²) in [5.74, 6) is -1.52. The maximum Gasteiger partial charge on any atom is 0.316 e. The number of hydrogen-bond donors (Lipinski definition) is 2. The van der Waals surface area contributed by atoms with Gasteiger partial charge in [-0.2, -0.15) is 0 Å². The van der Waals surface area contributed by atoms with Crippen LogP contribution in [0.25, 0.3) is 0 Å². The number of carbonyl (C=O) groups excluding carboxylic acids is 1. The summed E-state index contributed by atoms with van der Waals surface area (Å²) >= 11 is 0. The molecule has 0 aromatic heterocycles. The molecule has 0 amide bonds. The Balaban J connectivity index is 1.51. The first-order valence-electron chi connectivity index (χ1n) is 14.8. The Bertz CT molecular complexity index is 1060. The van der Waals surface area contributed by atoms with Crippen LogP contribution in [0.4, 0.5) is 0 Å². The van der Waals surface area contributed by atoms with E-state index < -0.39 is 41.6 Å². The van der Waals surface area contributed by atoms with Crippen LogP contribution in [0.3, 0.4) is 0 Å². The van der Waals surface area contributed by atoms with E-state index in [2.05, 4.69) is 39.8 Å². The molecule has 10 atom stereocenters. The second kappa shape index (κ2) is 11.2. The first-order valence-corrected chi connectivity index (χ1v) is 14.8. The van der Waals surface area contributed by atoms with Crippen LogP contribution in [0, 0.1) is 17.8 Å². The van der Waals surface area contributed by atoms with E-state index in [-0.39, 0.29) is 18.8 Å². The topological polar surface area (TPSA) is 94.5 Å². The van der Waals surface area contributed by atoms with Crippen molar-refractivity contribution in [2.75, 3.05) is 6.61 Å². The van der Waals surface area contributed by atoms with Crippen LogP contribution >= 0.6 is 0 Å². The van der Waals surface area contributed by atoms with Crippen molar-refractivity contribution in [2.45, 2.75) is 121 Å². The molecular formula is C32H46O7. The van der Waals surface area contributed by atoms with Gasteiger partial charge in [-0.1, -0.05) is 56.7 Å². The zero-order valence-electron chi connectivity index (χ0n) is 24.1. The van der Waals surface area contributed by atoms with Gasteiger partial charge in [-0.05, 0) is 62.5 Å². The average Bonchev–Trinajstić information content (AvgIpc) is 3.23. The predicted octanol–water partition coefficient (Wildman–Crippen LogP) is 4.92. The molecule has 3 saturated heterocycles. The lowest BCUT2D eigenvalue weighted by Gasteiger charge is -2.50. The van der Waals surface area contributed by atoms with E-state index >= 15 is 0 Å². The standard InChI is InChI=1S/C32H46O7/c1-6-27-21(4)12-13-31(39-27)17-25-16-24(38-31)11-10-20(3)14-19(2)8-7-9-23-18-36-29-28(33)22(5)15-26(30(34)37-25)32(23,29)35/h7-10,15,19,21,24-29,33,35H,6,11-14,16-18H2,1-5H3/t19?,21?,24?,25?,26?,27?,28?,29?,31-,32-/m1/s1. The highest BCUT2D eigenvalue weighted by Gasteiger charge is 2.60. The highest BCUT2D eigenvalue weighted by molar-refractivity contribution is 5.78. The Morgan fingerprint density at radius 2 is 1.95 bits per heavy atom. The van der Waals surface area contributed by atoms with Gasteiger partial charge < -0.3 is 29.2 Å². The first kappa shape index (κ1) is 28.7. The molecule has 3 fully saturated rings. The zero-order chi connectivity index (χ0) is 27.9. The van der Waals surface area contributed by atoms with Gasteiger partial charge in [-0.25, -0.2) is 0 Å². The van der Waals surface area contributed by atoms with Crippen molar-refractivity contribution in [3.63, 3.8) is 0 Å². The molecule has 8 unspecified atom stereocenters. The third kappa shape index (κ3) is 5.58. The monoisotopic (exact) mass is 542 g/mol. The van der Waals surface area contributed by atoms with Gasteiger partial charge in [-0.3, -0.25) is 4.79 Å². The molecule has 216 valence electrons. The fourth-order valence-corrected chi connectivity index (χ4v) is 7.23. The molecular weight excluding hydrogens is 496 g/mol.